The molecule has 144 valence electrons. The Balaban J connectivity index is -0.00000192. The second-order valence-corrected chi connectivity index (χ2v) is 8.03. The first-order chi connectivity index (χ1) is 10.5. The van der Waals surface area contributed by atoms with Gasteiger partial charge in [0.2, 0.25) is 0 Å². The maximum absolute atomic E-state index is 10.8. The van der Waals surface area contributed by atoms with Crippen molar-refractivity contribution in [2.24, 2.45) is 0 Å². The summed E-state index contributed by atoms with van der Waals surface area (Å²) < 4.78 is 43.9. The van der Waals surface area contributed by atoms with Gasteiger partial charge in [-0.25, -0.2) is 0 Å². The Morgan fingerprint density at radius 3 is 1.07 bits per heavy atom. The zero-order valence-corrected chi connectivity index (χ0v) is 26.2. The van der Waals surface area contributed by atoms with Crippen LogP contribution < -0.4 is 169 Å². The van der Waals surface area contributed by atoms with E-state index in [4.69, 9.17) is 14.7 Å². The van der Waals surface area contributed by atoms with Gasteiger partial charge in [0.15, 0.2) is 0 Å². The molecule has 21 heteroatoms. The van der Waals surface area contributed by atoms with E-state index < -0.39 is 60.1 Å². The molecule has 1 fully saturated rings. The summed E-state index contributed by atoms with van der Waals surface area (Å²) in [7, 11) is -17.0. The summed E-state index contributed by atoms with van der Waals surface area (Å²) in [5.41, 5.74) is 0. The molecule has 3 unspecified atom stereocenters. The second-order valence-electron chi connectivity index (χ2n) is 4.59. The van der Waals surface area contributed by atoms with Crippen LogP contribution in [0.5, 0.6) is 0 Å². The van der Waals surface area contributed by atoms with E-state index in [1.165, 1.54) is 0 Å². The van der Waals surface area contributed by atoms with Crippen LogP contribution in [-0.4, -0.2) is 66.6 Å². The molecule has 0 aliphatic heterocycles. The molecule has 1 aliphatic carbocycles. The number of phosphoric ester groups is 3. The molecule has 0 heterocycles. The molecule has 0 aromatic rings. The zero-order chi connectivity index (χ0) is 19.1. The summed E-state index contributed by atoms with van der Waals surface area (Å²) in [6.07, 6.45) is -15.0. The Kier molecular flexibility index (Phi) is 19.7. The van der Waals surface area contributed by atoms with Crippen LogP contribution in [0.4, 0.5) is 0 Å². The number of phosphoric acid groups is 3. The van der Waals surface area contributed by atoms with E-state index in [0.29, 0.717) is 0 Å². The van der Waals surface area contributed by atoms with Gasteiger partial charge in [0.25, 0.3) is 23.5 Å². The van der Waals surface area contributed by atoms with Crippen molar-refractivity contribution in [3.05, 3.63) is 0 Å². The van der Waals surface area contributed by atoms with Gasteiger partial charge < -0.3 is 58.3 Å². The summed E-state index contributed by atoms with van der Waals surface area (Å²) in [5, 5.41) is 29.1. The Morgan fingerprint density at radius 1 is 0.556 bits per heavy atom. The van der Waals surface area contributed by atoms with Crippen molar-refractivity contribution < 1.29 is 226 Å². The van der Waals surface area contributed by atoms with Gasteiger partial charge in [-0.15, -0.1) is 0 Å². The fourth-order valence-electron chi connectivity index (χ4n) is 2.00. The van der Waals surface area contributed by atoms with E-state index in [1.54, 1.807) is 0 Å². The minimum Gasteiger partial charge on any atom is -0.756 e. The monoisotopic (exact) mass is 534 g/mol. The molecular weight excluding hydrogens is 522 g/mol. The van der Waals surface area contributed by atoms with Gasteiger partial charge >= 0.3 is 154 Å². The van der Waals surface area contributed by atoms with Crippen LogP contribution in [-0.2, 0) is 27.3 Å². The van der Waals surface area contributed by atoms with E-state index in [2.05, 4.69) is 13.6 Å². The van der Waals surface area contributed by atoms with Crippen LogP contribution >= 0.6 is 23.5 Å². The number of aliphatic hydroxyl groups is 3. The Hall–Kier alpha value is 5.12. The fraction of sp³-hybridized carbons (Fsp3) is 1.00. The predicted molar refractivity (Wildman–Crippen MR) is 62.1 cm³/mol. The molecular formula is C6H12K3O15P3. The molecule has 0 bridgehead atoms. The summed E-state index contributed by atoms with van der Waals surface area (Å²) in [6, 6.07) is 0. The van der Waals surface area contributed by atoms with Gasteiger partial charge in [-0.1, -0.05) is 0 Å². The third-order valence-electron chi connectivity index (χ3n) is 2.78. The molecule has 0 aromatic heterocycles. The SMILES string of the molecule is O=P([O-])(O)O[C@@H]1[C@@H](O)[C@H](O)[C@H](OP(=O)([O-])O)[C@H](OP(=O)([O-])O)[C@H]1O.[K+].[K+].[K+]. The topological polar surface area (TPSA) is 269 Å². The Labute approximate surface area is 279 Å². The van der Waals surface area contributed by atoms with Gasteiger partial charge in [0.1, 0.15) is 36.6 Å². The summed E-state index contributed by atoms with van der Waals surface area (Å²) in [6.45, 7) is 0. The molecule has 1 saturated carbocycles. The third-order valence-corrected chi connectivity index (χ3v) is 4.31. The molecule has 0 amide bonds. The van der Waals surface area contributed by atoms with E-state index in [-0.39, 0.29) is 154 Å². The quantitative estimate of drug-likeness (QED) is 0.136. The minimum atomic E-state index is -5.72. The molecule has 0 spiro atoms. The van der Waals surface area contributed by atoms with Crippen molar-refractivity contribution in [3.63, 3.8) is 0 Å². The first kappa shape index (κ1) is 36.7. The summed E-state index contributed by atoms with van der Waals surface area (Å²) in [4.78, 5) is 58.0. The zero-order valence-electron chi connectivity index (χ0n) is 14.2. The smallest absolute Gasteiger partial charge is 0.756 e. The standard InChI is InChI=1S/C6H15O15P3.3K/c7-1-2(8)5(20-23(13,14)15)6(21-24(16,17)18)3(9)4(1)19-22(10,11)12;;;/h1-9H,(H2,10,11,12)(H2,13,14,15)(H2,16,17,18);;;/q;3*+1/p-3/t1-,2-,3-,4+,5-,6+;;;/m0.../s1. The van der Waals surface area contributed by atoms with Gasteiger partial charge in [-0.2, -0.15) is 0 Å². The van der Waals surface area contributed by atoms with Gasteiger partial charge in [0, 0.05) is 0 Å². The third kappa shape index (κ3) is 13.6. The van der Waals surface area contributed by atoms with E-state index >= 15 is 0 Å². The van der Waals surface area contributed by atoms with Crippen LogP contribution in [0.2, 0.25) is 0 Å². The summed E-state index contributed by atoms with van der Waals surface area (Å²) in [5.74, 6) is 0. The first-order valence-corrected chi connectivity index (χ1v) is 10.2. The normalized spacial score (nSPS) is 37.2. The fourth-order valence-corrected chi connectivity index (χ4v) is 3.66. The van der Waals surface area contributed by atoms with Crippen molar-refractivity contribution >= 4 is 23.5 Å². The molecule has 0 aromatic carbocycles. The maximum atomic E-state index is 10.8. The number of rotatable bonds is 6. The average molecular weight is 534 g/mol. The van der Waals surface area contributed by atoms with Crippen LogP contribution in [0.25, 0.3) is 0 Å². The largest absolute Gasteiger partial charge is 1.00 e. The molecule has 0 saturated heterocycles. The minimum absolute atomic E-state index is 0. The number of hydrogen-bond acceptors (Lipinski definition) is 12. The van der Waals surface area contributed by atoms with Crippen molar-refractivity contribution in [2.45, 2.75) is 36.6 Å². The second kappa shape index (κ2) is 14.5. The molecule has 1 rings (SSSR count). The summed E-state index contributed by atoms with van der Waals surface area (Å²) >= 11 is 0. The van der Waals surface area contributed by atoms with E-state index in [1.807, 2.05) is 0 Å². The van der Waals surface area contributed by atoms with Gasteiger partial charge in [-0.3, -0.25) is 13.7 Å². The first-order valence-electron chi connectivity index (χ1n) is 5.72. The molecule has 6 N–H and O–H groups in total. The predicted octanol–water partition coefficient (Wildman–Crippen LogP) is -14.4. The van der Waals surface area contributed by atoms with Gasteiger partial charge in [0.05, 0.1) is 0 Å². The van der Waals surface area contributed by atoms with Crippen LogP contribution in [0, 0.1) is 0 Å². The van der Waals surface area contributed by atoms with Crippen molar-refractivity contribution in [1.29, 1.82) is 0 Å². The van der Waals surface area contributed by atoms with E-state index in [0.717, 1.165) is 0 Å². The molecule has 15 nitrogen and oxygen atoms in total. The molecule has 1 aliphatic rings. The van der Waals surface area contributed by atoms with E-state index in [9.17, 15) is 43.7 Å². The van der Waals surface area contributed by atoms with Crippen molar-refractivity contribution in [2.75, 3.05) is 0 Å². The van der Waals surface area contributed by atoms with Crippen LogP contribution in [0.3, 0.4) is 0 Å². The molecule has 0 radical (unpaired) electrons. The average Bonchev–Trinajstić information content (AvgIpc) is 2.32. The van der Waals surface area contributed by atoms with Crippen LogP contribution in [0.15, 0.2) is 0 Å². The number of aliphatic hydroxyl groups excluding tert-OH is 3. The molecule has 9 atom stereocenters. The van der Waals surface area contributed by atoms with Crippen molar-refractivity contribution in [1.82, 2.24) is 0 Å². The van der Waals surface area contributed by atoms with Gasteiger partial charge in [-0.05, 0) is 0 Å². The molecule has 27 heavy (non-hydrogen) atoms. The Bertz CT molecular complexity index is 587. The Morgan fingerprint density at radius 2 is 0.778 bits per heavy atom. The van der Waals surface area contributed by atoms with Crippen LogP contribution in [0.1, 0.15) is 0 Å². The number of hydrogen-bond donors (Lipinski definition) is 6. The van der Waals surface area contributed by atoms with Crippen molar-refractivity contribution in [3.8, 4) is 0 Å². The maximum Gasteiger partial charge on any atom is 1.00 e.